The Bertz CT molecular complexity index is 837. The predicted molar refractivity (Wildman–Crippen MR) is 92.5 cm³/mol. The van der Waals surface area contributed by atoms with Gasteiger partial charge in [-0.05, 0) is 44.9 Å². The Morgan fingerprint density at radius 1 is 1.42 bits per heavy atom. The summed E-state index contributed by atoms with van der Waals surface area (Å²) < 4.78 is 7.49. The van der Waals surface area contributed by atoms with Crippen LogP contribution in [0.1, 0.15) is 55.0 Å². The van der Waals surface area contributed by atoms with Gasteiger partial charge in [0.15, 0.2) is 0 Å². The SMILES string of the molecule is CCC1CCCCN1C(c1ccc(C)o1)c1sc2ncnn2c1O. The number of aromatic nitrogens is 3. The molecule has 2 unspecified atom stereocenters. The van der Waals surface area contributed by atoms with Crippen molar-refractivity contribution in [1.82, 2.24) is 19.5 Å². The van der Waals surface area contributed by atoms with E-state index in [1.807, 2.05) is 19.1 Å². The quantitative estimate of drug-likeness (QED) is 0.779. The monoisotopic (exact) mass is 346 g/mol. The Balaban J connectivity index is 1.83. The van der Waals surface area contributed by atoms with E-state index in [9.17, 15) is 5.11 Å². The molecule has 3 aromatic rings. The molecule has 0 aliphatic carbocycles. The molecule has 1 saturated heterocycles. The van der Waals surface area contributed by atoms with E-state index in [0.717, 1.165) is 29.4 Å². The third-order valence-electron chi connectivity index (χ3n) is 4.89. The zero-order chi connectivity index (χ0) is 16.7. The zero-order valence-electron chi connectivity index (χ0n) is 14.0. The lowest BCUT2D eigenvalue weighted by molar-refractivity contribution is 0.0984. The first kappa shape index (κ1) is 15.7. The van der Waals surface area contributed by atoms with Gasteiger partial charge in [-0.25, -0.2) is 4.98 Å². The Morgan fingerprint density at radius 3 is 3.00 bits per heavy atom. The van der Waals surface area contributed by atoms with Crippen molar-refractivity contribution >= 4 is 16.3 Å². The molecule has 128 valence electrons. The standard InChI is InChI=1S/C17H22N4O2S/c1-3-12-6-4-5-9-20(12)14(13-8-7-11(2)23-13)15-16(22)21-17(24-15)18-10-19-21/h7-8,10,12,14,22H,3-6,9H2,1-2H3. The summed E-state index contributed by atoms with van der Waals surface area (Å²) in [6, 6.07) is 4.42. The molecule has 4 heterocycles. The Labute approximate surface area is 144 Å². The van der Waals surface area contributed by atoms with E-state index in [1.165, 1.54) is 41.4 Å². The number of hydrogen-bond donors (Lipinski definition) is 1. The van der Waals surface area contributed by atoms with Crippen LogP contribution in [0.25, 0.3) is 4.96 Å². The summed E-state index contributed by atoms with van der Waals surface area (Å²) in [5.41, 5.74) is 0. The van der Waals surface area contributed by atoms with Gasteiger partial charge in [-0.15, -0.1) is 0 Å². The van der Waals surface area contributed by atoms with Crippen molar-refractivity contribution in [2.75, 3.05) is 6.54 Å². The summed E-state index contributed by atoms with van der Waals surface area (Å²) in [6.45, 7) is 5.20. The molecule has 3 aromatic heterocycles. The minimum atomic E-state index is -0.0857. The average Bonchev–Trinajstić information content (AvgIpc) is 3.29. The van der Waals surface area contributed by atoms with E-state index < -0.39 is 0 Å². The van der Waals surface area contributed by atoms with Crippen molar-refractivity contribution in [2.24, 2.45) is 0 Å². The van der Waals surface area contributed by atoms with E-state index in [2.05, 4.69) is 21.9 Å². The molecule has 1 N–H and O–H groups in total. The van der Waals surface area contributed by atoms with E-state index in [1.54, 1.807) is 0 Å². The lowest BCUT2D eigenvalue weighted by atomic mass is 9.96. The minimum absolute atomic E-state index is 0.0857. The molecule has 4 rings (SSSR count). The fourth-order valence-electron chi connectivity index (χ4n) is 3.72. The van der Waals surface area contributed by atoms with Crippen molar-refractivity contribution < 1.29 is 9.52 Å². The van der Waals surface area contributed by atoms with Gasteiger partial charge in [0.2, 0.25) is 10.8 Å². The van der Waals surface area contributed by atoms with Crippen molar-refractivity contribution in [1.29, 1.82) is 0 Å². The van der Waals surface area contributed by atoms with Gasteiger partial charge in [0, 0.05) is 6.04 Å². The normalized spacial score (nSPS) is 20.7. The van der Waals surface area contributed by atoms with Gasteiger partial charge in [-0.2, -0.15) is 9.61 Å². The Morgan fingerprint density at radius 2 is 2.29 bits per heavy atom. The highest BCUT2D eigenvalue weighted by atomic mass is 32.1. The van der Waals surface area contributed by atoms with E-state index in [-0.39, 0.29) is 11.9 Å². The number of furan rings is 1. The number of aromatic hydroxyl groups is 1. The molecule has 1 fully saturated rings. The van der Waals surface area contributed by atoms with E-state index in [4.69, 9.17) is 4.42 Å². The first-order chi connectivity index (χ1) is 11.7. The molecule has 7 heteroatoms. The summed E-state index contributed by atoms with van der Waals surface area (Å²) in [6.07, 6.45) is 6.19. The Kier molecular flexibility index (Phi) is 4.05. The molecule has 0 aromatic carbocycles. The molecule has 0 amide bonds. The molecule has 0 bridgehead atoms. The van der Waals surface area contributed by atoms with Crippen LogP contribution >= 0.6 is 11.3 Å². The second kappa shape index (κ2) is 6.22. The number of thiazole rings is 1. The maximum Gasteiger partial charge on any atom is 0.230 e. The summed E-state index contributed by atoms with van der Waals surface area (Å²) in [5.74, 6) is 1.94. The number of likely N-dealkylation sites (tertiary alicyclic amines) is 1. The van der Waals surface area contributed by atoms with Crippen molar-refractivity contribution in [3.8, 4) is 5.88 Å². The van der Waals surface area contributed by atoms with Gasteiger partial charge < -0.3 is 9.52 Å². The molecule has 24 heavy (non-hydrogen) atoms. The van der Waals surface area contributed by atoms with Crippen LogP contribution in [0.2, 0.25) is 0 Å². The van der Waals surface area contributed by atoms with Crippen LogP contribution in [0, 0.1) is 6.92 Å². The number of nitrogens with zero attached hydrogens (tertiary/aromatic N) is 4. The van der Waals surface area contributed by atoms with Crippen LogP contribution in [0.5, 0.6) is 5.88 Å². The van der Waals surface area contributed by atoms with E-state index in [0.29, 0.717) is 11.0 Å². The number of piperidine rings is 1. The minimum Gasteiger partial charge on any atom is -0.492 e. The zero-order valence-corrected chi connectivity index (χ0v) is 14.8. The molecule has 2 atom stereocenters. The summed E-state index contributed by atoms with van der Waals surface area (Å²) in [7, 11) is 0. The lowest BCUT2D eigenvalue weighted by Crippen LogP contribution is -2.41. The molecule has 1 aliphatic rings. The van der Waals surface area contributed by atoms with Gasteiger partial charge in [0.25, 0.3) is 0 Å². The summed E-state index contributed by atoms with van der Waals surface area (Å²) in [4.78, 5) is 8.28. The number of aryl methyl sites for hydroxylation is 1. The molecular weight excluding hydrogens is 324 g/mol. The molecule has 0 radical (unpaired) electrons. The Hall–Kier alpha value is -1.86. The first-order valence-electron chi connectivity index (χ1n) is 8.52. The van der Waals surface area contributed by atoms with Gasteiger partial charge in [0.1, 0.15) is 23.9 Å². The highest BCUT2D eigenvalue weighted by Gasteiger charge is 2.35. The first-order valence-corrected chi connectivity index (χ1v) is 9.34. The fraction of sp³-hybridized carbons (Fsp3) is 0.529. The third-order valence-corrected chi connectivity index (χ3v) is 5.98. The van der Waals surface area contributed by atoms with E-state index >= 15 is 0 Å². The topological polar surface area (TPSA) is 66.8 Å². The van der Waals surface area contributed by atoms with Crippen LogP contribution in [0.4, 0.5) is 0 Å². The van der Waals surface area contributed by atoms with Crippen LogP contribution < -0.4 is 0 Å². The van der Waals surface area contributed by atoms with Gasteiger partial charge in [0.05, 0.1) is 4.88 Å². The summed E-state index contributed by atoms with van der Waals surface area (Å²) >= 11 is 1.49. The lowest BCUT2D eigenvalue weighted by Gasteiger charge is -2.39. The second-order valence-corrected chi connectivity index (χ2v) is 7.40. The molecular formula is C17H22N4O2S. The molecule has 0 spiro atoms. The second-order valence-electron chi connectivity index (χ2n) is 6.39. The van der Waals surface area contributed by atoms with Gasteiger partial charge in [-0.1, -0.05) is 24.7 Å². The molecule has 1 aliphatic heterocycles. The number of rotatable bonds is 4. The maximum absolute atomic E-state index is 10.7. The van der Waals surface area contributed by atoms with Crippen molar-refractivity contribution in [3.63, 3.8) is 0 Å². The van der Waals surface area contributed by atoms with Crippen LogP contribution in [-0.2, 0) is 0 Å². The largest absolute Gasteiger partial charge is 0.492 e. The fourth-order valence-corrected chi connectivity index (χ4v) is 4.77. The molecule has 6 nitrogen and oxygen atoms in total. The summed E-state index contributed by atoms with van der Waals surface area (Å²) in [5, 5.41) is 14.8. The van der Waals surface area contributed by atoms with Crippen LogP contribution in [-0.4, -0.2) is 37.2 Å². The van der Waals surface area contributed by atoms with Crippen molar-refractivity contribution in [3.05, 3.63) is 34.9 Å². The van der Waals surface area contributed by atoms with Gasteiger partial charge in [-0.3, -0.25) is 4.90 Å². The highest BCUT2D eigenvalue weighted by molar-refractivity contribution is 7.17. The van der Waals surface area contributed by atoms with Crippen LogP contribution in [0.15, 0.2) is 22.9 Å². The predicted octanol–water partition coefficient (Wildman–Crippen LogP) is 3.75. The third kappa shape index (κ3) is 2.52. The van der Waals surface area contributed by atoms with Crippen LogP contribution in [0.3, 0.4) is 0 Å². The number of hydrogen-bond acceptors (Lipinski definition) is 6. The number of fused-ring (bicyclic) bond motifs is 1. The van der Waals surface area contributed by atoms with Crippen molar-refractivity contribution in [2.45, 2.75) is 51.6 Å². The maximum atomic E-state index is 10.7. The molecule has 0 saturated carbocycles. The smallest absolute Gasteiger partial charge is 0.230 e. The highest BCUT2D eigenvalue weighted by Crippen LogP contribution is 2.42. The van der Waals surface area contributed by atoms with Gasteiger partial charge >= 0.3 is 0 Å². The average molecular weight is 346 g/mol.